The summed E-state index contributed by atoms with van der Waals surface area (Å²) in [6, 6.07) is 8.11. The molecule has 0 radical (unpaired) electrons. The van der Waals surface area contributed by atoms with Crippen LogP contribution in [0.3, 0.4) is 0 Å². The molecule has 0 bridgehead atoms. The van der Waals surface area contributed by atoms with Crippen molar-refractivity contribution in [3.63, 3.8) is 0 Å². The van der Waals surface area contributed by atoms with E-state index in [1.54, 1.807) is 0 Å². The Bertz CT molecular complexity index is 405. The highest BCUT2D eigenvalue weighted by atomic mass is 16.4. The van der Waals surface area contributed by atoms with E-state index in [2.05, 4.69) is 6.07 Å². The van der Waals surface area contributed by atoms with Crippen molar-refractivity contribution >= 4 is 11.5 Å². The molecule has 0 fully saturated rings. The Kier molecular flexibility index (Phi) is 2.86. The fourth-order valence-corrected chi connectivity index (χ4v) is 2.12. The number of benzene rings is 1. The fraction of sp³-hybridized carbons (Fsp3) is 0.308. The van der Waals surface area contributed by atoms with Gasteiger partial charge in [0.15, 0.2) is 0 Å². The van der Waals surface area contributed by atoms with E-state index in [0.29, 0.717) is 0 Å². The maximum absolute atomic E-state index is 10.7. The molecule has 15 heavy (non-hydrogen) atoms. The first-order valence-corrected chi connectivity index (χ1v) is 5.29. The summed E-state index contributed by atoms with van der Waals surface area (Å²) in [7, 11) is 0. The van der Waals surface area contributed by atoms with Gasteiger partial charge in [-0.05, 0) is 42.4 Å². The van der Waals surface area contributed by atoms with Crippen molar-refractivity contribution in [2.24, 2.45) is 0 Å². The minimum absolute atomic E-state index is 0.846. The highest BCUT2D eigenvalue weighted by molar-refractivity contribution is 5.90. The van der Waals surface area contributed by atoms with Crippen molar-refractivity contribution in [2.75, 3.05) is 0 Å². The molecule has 0 saturated heterocycles. The first kappa shape index (κ1) is 9.97. The molecule has 0 aromatic heterocycles. The zero-order valence-corrected chi connectivity index (χ0v) is 8.57. The van der Waals surface area contributed by atoms with Gasteiger partial charge in [0.05, 0.1) is 0 Å². The number of carboxylic acids is 1. The molecule has 2 nitrogen and oxygen atoms in total. The minimum atomic E-state index is -0.846. The van der Waals surface area contributed by atoms with Gasteiger partial charge in [-0.15, -0.1) is 0 Å². The summed E-state index contributed by atoms with van der Waals surface area (Å²) in [5, 5.41) is 8.81. The van der Waals surface area contributed by atoms with Crippen LogP contribution in [0.2, 0.25) is 0 Å². The first-order valence-electron chi connectivity index (χ1n) is 5.29. The number of carboxylic acid groups (broad SMARTS) is 1. The average molecular weight is 202 g/mol. The van der Waals surface area contributed by atoms with Crippen molar-refractivity contribution in [2.45, 2.75) is 25.7 Å². The van der Waals surface area contributed by atoms with Gasteiger partial charge in [0.25, 0.3) is 0 Å². The molecule has 1 aromatic rings. The van der Waals surface area contributed by atoms with Crippen molar-refractivity contribution in [3.05, 3.63) is 41.5 Å². The number of allylic oxidation sites excluding steroid dienone is 1. The second-order valence-electron chi connectivity index (χ2n) is 3.87. The zero-order chi connectivity index (χ0) is 10.7. The number of rotatable bonds is 1. The van der Waals surface area contributed by atoms with E-state index in [0.717, 1.165) is 36.8 Å². The summed E-state index contributed by atoms with van der Waals surface area (Å²) in [6.07, 6.45) is 5.52. The maximum atomic E-state index is 10.7. The molecule has 1 aromatic carbocycles. The zero-order valence-electron chi connectivity index (χ0n) is 8.57. The predicted molar refractivity (Wildman–Crippen MR) is 59.6 cm³/mol. The summed E-state index contributed by atoms with van der Waals surface area (Å²) in [4.78, 5) is 10.7. The maximum Gasteiger partial charge on any atom is 0.328 e. The van der Waals surface area contributed by atoms with Crippen molar-refractivity contribution in [1.29, 1.82) is 0 Å². The number of hydrogen-bond acceptors (Lipinski definition) is 1. The molecule has 2 rings (SSSR count). The number of carbonyl (C=O) groups is 1. The van der Waals surface area contributed by atoms with Crippen LogP contribution < -0.4 is 0 Å². The molecule has 0 amide bonds. The lowest BCUT2D eigenvalue weighted by atomic mass is 9.98. The molecule has 0 spiro atoms. The Hall–Kier alpha value is -1.57. The van der Waals surface area contributed by atoms with Crippen LogP contribution >= 0.6 is 0 Å². The van der Waals surface area contributed by atoms with E-state index in [1.165, 1.54) is 11.6 Å². The Morgan fingerprint density at radius 2 is 1.93 bits per heavy atom. The molecule has 0 heterocycles. The highest BCUT2D eigenvalue weighted by Crippen LogP contribution is 2.29. The standard InChI is InChI=1S/C13H14O2/c14-13(15)9-11-7-2-1-5-10-6-3-4-8-12(10)11/h3-4,6,8-9H,1-2,5,7H2,(H,14,15)/b11-9+. The quantitative estimate of drug-likeness (QED) is 0.561. The Labute approximate surface area is 89.2 Å². The van der Waals surface area contributed by atoms with Gasteiger partial charge >= 0.3 is 5.97 Å². The summed E-state index contributed by atoms with van der Waals surface area (Å²) in [5.41, 5.74) is 3.37. The molecule has 0 unspecified atom stereocenters. The Morgan fingerprint density at radius 1 is 1.20 bits per heavy atom. The molecular weight excluding hydrogens is 188 g/mol. The van der Waals surface area contributed by atoms with Crippen LogP contribution in [-0.4, -0.2) is 11.1 Å². The van der Waals surface area contributed by atoms with Gasteiger partial charge in [-0.3, -0.25) is 0 Å². The van der Waals surface area contributed by atoms with Crippen molar-refractivity contribution < 1.29 is 9.90 Å². The lowest BCUT2D eigenvalue weighted by Gasteiger charge is -2.07. The third kappa shape index (κ3) is 2.27. The van der Waals surface area contributed by atoms with E-state index in [-0.39, 0.29) is 0 Å². The van der Waals surface area contributed by atoms with Gasteiger partial charge in [0.2, 0.25) is 0 Å². The number of aliphatic carboxylic acids is 1. The SMILES string of the molecule is O=C(O)/C=C1\CCCCc2ccccc21. The van der Waals surface area contributed by atoms with Crippen molar-refractivity contribution in [1.82, 2.24) is 0 Å². The minimum Gasteiger partial charge on any atom is -0.478 e. The number of aryl methyl sites for hydroxylation is 1. The van der Waals surface area contributed by atoms with Crippen molar-refractivity contribution in [3.8, 4) is 0 Å². The Balaban J connectivity index is 2.46. The molecular formula is C13H14O2. The highest BCUT2D eigenvalue weighted by Gasteiger charge is 2.12. The third-order valence-electron chi connectivity index (χ3n) is 2.80. The number of hydrogen-bond donors (Lipinski definition) is 1. The molecule has 1 N–H and O–H groups in total. The molecule has 78 valence electrons. The number of fused-ring (bicyclic) bond motifs is 1. The topological polar surface area (TPSA) is 37.3 Å². The fourth-order valence-electron chi connectivity index (χ4n) is 2.12. The second-order valence-corrected chi connectivity index (χ2v) is 3.87. The molecule has 0 saturated carbocycles. The van der Waals surface area contributed by atoms with E-state index in [1.807, 2.05) is 18.2 Å². The summed E-state index contributed by atoms with van der Waals surface area (Å²) < 4.78 is 0. The first-order chi connectivity index (χ1) is 7.27. The molecule has 0 aliphatic heterocycles. The average Bonchev–Trinajstić information content (AvgIpc) is 2.41. The molecule has 0 atom stereocenters. The van der Waals surface area contributed by atoms with Crippen LogP contribution in [0.15, 0.2) is 30.3 Å². The van der Waals surface area contributed by atoms with Crippen LogP contribution in [-0.2, 0) is 11.2 Å². The third-order valence-corrected chi connectivity index (χ3v) is 2.80. The van der Waals surface area contributed by atoms with Crippen LogP contribution in [0, 0.1) is 0 Å². The van der Waals surface area contributed by atoms with Gasteiger partial charge in [-0.2, -0.15) is 0 Å². The summed E-state index contributed by atoms with van der Waals surface area (Å²) in [6.45, 7) is 0. The largest absolute Gasteiger partial charge is 0.478 e. The lowest BCUT2D eigenvalue weighted by molar-refractivity contribution is -0.131. The van der Waals surface area contributed by atoms with Crippen LogP contribution in [0.25, 0.3) is 5.57 Å². The van der Waals surface area contributed by atoms with Crippen LogP contribution in [0.5, 0.6) is 0 Å². The van der Waals surface area contributed by atoms with Gasteiger partial charge in [-0.1, -0.05) is 24.3 Å². The summed E-state index contributed by atoms with van der Waals surface area (Å²) >= 11 is 0. The van der Waals surface area contributed by atoms with E-state index >= 15 is 0 Å². The molecule has 1 aliphatic carbocycles. The summed E-state index contributed by atoms with van der Waals surface area (Å²) in [5.74, 6) is -0.846. The van der Waals surface area contributed by atoms with Gasteiger partial charge in [-0.25, -0.2) is 4.79 Å². The van der Waals surface area contributed by atoms with E-state index < -0.39 is 5.97 Å². The van der Waals surface area contributed by atoms with Crippen LogP contribution in [0.1, 0.15) is 30.4 Å². The normalized spacial score (nSPS) is 18.3. The predicted octanol–water partition coefficient (Wildman–Crippen LogP) is 2.88. The second kappa shape index (κ2) is 4.30. The van der Waals surface area contributed by atoms with Crippen LogP contribution in [0.4, 0.5) is 0 Å². The lowest BCUT2D eigenvalue weighted by Crippen LogP contribution is -1.94. The van der Waals surface area contributed by atoms with E-state index in [9.17, 15) is 4.79 Å². The van der Waals surface area contributed by atoms with Gasteiger partial charge in [0.1, 0.15) is 0 Å². The monoisotopic (exact) mass is 202 g/mol. The van der Waals surface area contributed by atoms with Gasteiger partial charge < -0.3 is 5.11 Å². The Morgan fingerprint density at radius 3 is 2.73 bits per heavy atom. The smallest absolute Gasteiger partial charge is 0.328 e. The molecule has 1 aliphatic rings. The molecule has 2 heteroatoms. The van der Waals surface area contributed by atoms with Gasteiger partial charge in [0, 0.05) is 6.08 Å². The van der Waals surface area contributed by atoms with E-state index in [4.69, 9.17) is 5.11 Å².